The van der Waals surface area contributed by atoms with Gasteiger partial charge in [-0.15, -0.1) is 0 Å². The van der Waals surface area contributed by atoms with E-state index in [0.717, 1.165) is 54.5 Å². The predicted octanol–water partition coefficient (Wildman–Crippen LogP) is 4.22. The zero-order valence-electron chi connectivity index (χ0n) is 19.5. The molecule has 2 aromatic carbocycles. The second-order valence-electron chi connectivity index (χ2n) is 9.71. The van der Waals surface area contributed by atoms with Gasteiger partial charge in [0.1, 0.15) is 6.61 Å². The van der Waals surface area contributed by atoms with Gasteiger partial charge in [0, 0.05) is 30.2 Å². The molecule has 2 bridgehead atoms. The van der Waals surface area contributed by atoms with Crippen LogP contribution in [0.4, 0.5) is 4.79 Å². The minimum absolute atomic E-state index is 0.00718. The number of rotatable bonds is 7. The first-order valence-corrected chi connectivity index (χ1v) is 12.1. The van der Waals surface area contributed by atoms with E-state index in [-0.39, 0.29) is 23.6 Å². The Kier molecular flexibility index (Phi) is 5.87. The summed E-state index contributed by atoms with van der Waals surface area (Å²) in [5.41, 5.74) is 3.77. The Morgan fingerprint density at radius 2 is 1.76 bits per heavy atom. The number of benzene rings is 2. The van der Waals surface area contributed by atoms with E-state index in [2.05, 4.69) is 34.5 Å². The lowest BCUT2D eigenvalue weighted by Crippen LogP contribution is -2.54. The molecule has 6 heteroatoms. The van der Waals surface area contributed by atoms with E-state index < -0.39 is 0 Å². The zero-order chi connectivity index (χ0) is 23.0. The molecule has 3 aliphatic heterocycles. The van der Waals surface area contributed by atoms with E-state index in [9.17, 15) is 9.59 Å². The largest absolute Gasteiger partial charge is 0.448 e. The van der Waals surface area contributed by atoms with Crippen molar-refractivity contribution >= 4 is 12.0 Å². The average Bonchev–Trinajstić information content (AvgIpc) is 3.49. The van der Waals surface area contributed by atoms with Gasteiger partial charge in [-0.25, -0.2) is 4.79 Å². The summed E-state index contributed by atoms with van der Waals surface area (Å²) in [7, 11) is 0. The Bertz CT molecular complexity index is 1010. The molecule has 0 saturated carbocycles. The van der Waals surface area contributed by atoms with Crippen molar-refractivity contribution < 1.29 is 14.3 Å². The van der Waals surface area contributed by atoms with Gasteiger partial charge in [0.25, 0.3) is 5.91 Å². The summed E-state index contributed by atoms with van der Waals surface area (Å²) in [6.07, 6.45) is 4.15. The quantitative estimate of drug-likeness (QED) is 0.690. The van der Waals surface area contributed by atoms with E-state index >= 15 is 0 Å². The van der Waals surface area contributed by atoms with Crippen LogP contribution in [0.1, 0.15) is 58.8 Å². The van der Waals surface area contributed by atoms with Crippen molar-refractivity contribution in [1.29, 1.82) is 0 Å². The summed E-state index contributed by atoms with van der Waals surface area (Å²) in [5, 5.41) is 3.47. The number of carbonyl (C=O) groups is 2. The fourth-order valence-corrected chi connectivity index (χ4v) is 6.33. The first kappa shape index (κ1) is 22.0. The number of nitrogens with zero attached hydrogens (tertiary/aromatic N) is 2. The number of cyclic esters (lactones) is 1. The molecule has 5 rings (SSSR count). The number of hydrogen-bond donors (Lipinski definition) is 1. The van der Waals surface area contributed by atoms with Crippen LogP contribution in [0.3, 0.4) is 0 Å². The third-order valence-electron chi connectivity index (χ3n) is 7.94. The Hall–Kier alpha value is -2.86. The maximum Gasteiger partial charge on any atom is 0.409 e. The van der Waals surface area contributed by atoms with E-state index in [1.54, 1.807) is 4.90 Å². The summed E-state index contributed by atoms with van der Waals surface area (Å²) >= 11 is 0. The lowest BCUT2D eigenvalue weighted by atomic mass is 9.78. The van der Waals surface area contributed by atoms with Crippen molar-refractivity contribution in [2.75, 3.05) is 26.2 Å². The first-order chi connectivity index (χ1) is 16.0. The molecule has 0 aliphatic carbocycles. The minimum Gasteiger partial charge on any atom is -0.448 e. The molecule has 0 aromatic heterocycles. The van der Waals surface area contributed by atoms with Crippen LogP contribution >= 0.6 is 0 Å². The van der Waals surface area contributed by atoms with Gasteiger partial charge in [0.05, 0.1) is 12.6 Å². The summed E-state index contributed by atoms with van der Waals surface area (Å²) < 4.78 is 5.13. The van der Waals surface area contributed by atoms with Gasteiger partial charge >= 0.3 is 6.09 Å². The maximum atomic E-state index is 13.6. The molecule has 174 valence electrons. The van der Waals surface area contributed by atoms with Gasteiger partial charge < -0.3 is 15.0 Å². The van der Waals surface area contributed by atoms with Crippen molar-refractivity contribution in [2.45, 2.75) is 57.2 Å². The van der Waals surface area contributed by atoms with E-state index in [0.29, 0.717) is 25.7 Å². The molecule has 0 unspecified atom stereocenters. The van der Waals surface area contributed by atoms with Gasteiger partial charge in [-0.2, -0.15) is 0 Å². The van der Waals surface area contributed by atoms with E-state index in [4.69, 9.17) is 4.74 Å². The Morgan fingerprint density at radius 1 is 1.06 bits per heavy atom. The van der Waals surface area contributed by atoms with Crippen molar-refractivity contribution in [3.8, 4) is 0 Å². The van der Waals surface area contributed by atoms with Crippen LogP contribution < -0.4 is 5.32 Å². The molecule has 1 atom stereocenters. The van der Waals surface area contributed by atoms with Crippen LogP contribution in [0.25, 0.3) is 0 Å². The monoisotopic (exact) mass is 447 g/mol. The number of hydrogen-bond acceptors (Lipinski definition) is 4. The van der Waals surface area contributed by atoms with Gasteiger partial charge in [-0.3, -0.25) is 9.69 Å². The molecule has 3 aliphatic rings. The Balaban J connectivity index is 1.45. The third kappa shape index (κ3) is 3.90. The van der Waals surface area contributed by atoms with Crippen molar-refractivity contribution in [3.63, 3.8) is 0 Å². The number of amides is 2. The number of nitrogens with one attached hydrogen (secondary N) is 1. The summed E-state index contributed by atoms with van der Waals surface area (Å²) in [5.74, 6) is -0.00718. The molecule has 6 nitrogen and oxygen atoms in total. The standard InChI is InChI=1S/C27H33N3O3/c1-19-7-6-8-20(2)23(19)25(31)28-24(21-9-4-3-5-10-21)27-13-11-22(12-14-27)30(27)16-15-29-17-18-33-26(29)32/h3-10,22,24H,11-18H2,1-2H3,(H,28,31)/t22?,24-,27?/m1/s1. The molecule has 0 spiro atoms. The minimum atomic E-state index is -0.210. The molecular weight excluding hydrogens is 414 g/mol. The lowest BCUT2D eigenvalue weighted by molar-refractivity contribution is 0.0755. The van der Waals surface area contributed by atoms with Crippen LogP contribution in [-0.4, -0.2) is 59.6 Å². The highest BCUT2D eigenvalue weighted by Gasteiger charge is 2.56. The van der Waals surface area contributed by atoms with E-state index in [1.807, 2.05) is 38.1 Å². The zero-order valence-corrected chi connectivity index (χ0v) is 19.5. The van der Waals surface area contributed by atoms with Crippen LogP contribution in [0, 0.1) is 13.8 Å². The third-order valence-corrected chi connectivity index (χ3v) is 7.94. The van der Waals surface area contributed by atoms with Crippen LogP contribution in [0.5, 0.6) is 0 Å². The van der Waals surface area contributed by atoms with E-state index in [1.165, 1.54) is 0 Å². The SMILES string of the molecule is Cc1cccc(C)c1C(=O)N[C@H](c1ccccc1)C12CCC(CC1)N2CCN1CCOC1=O. The smallest absolute Gasteiger partial charge is 0.409 e. The van der Waals surface area contributed by atoms with Crippen molar-refractivity contribution in [3.05, 3.63) is 70.8 Å². The highest BCUT2D eigenvalue weighted by molar-refractivity contribution is 5.97. The van der Waals surface area contributed by atoms with Crippen LogP contribution in [0.15, 0.2) is 48.5 Å². The Labute approximate surface area is 195 Å². The molecule has 2 amide bonds. The van der Waals surface area contributed by atoms with Crippen LogP contribution in [0.2, 0.25) is 0 Å². The second kappa shape index (κ2) is 8.82. The molecular formula is C27H33N3O3. The fraction of sp³-hybridized carbons (Fsp3) is 0.481. The molecule has 0 radical (unpaired) electrons. The highest BCUT2D eigenvalue weighted by atomic mass is 16.6. The highest BCUT2D eigenvalue weighted by Crippen LogP contribution is 2.52. The van der Waals surface area contributed by atoms with Gasteiger partial charge in [-0.1, -0.05) is 48.5 Å². The number of carbonyl (C=O) groups excluding carboxylic acids is 2. The van der Waals surface area contributed by atoms with Gasteiger partial charge in [-0.05, 0) is 56.2 Å². The van der Waals surface area contributed by atoms with Crippen molar-refractivity contribution in [1.82, 2.24) is 15.1 Å². The predicted molar refractivity (Wildman–Crippen MR) is 127 cm³/mol. The molecule has 3 fully saturated rings. The van der Waals surface area contributed by atoms with Crippen LogP contribution in [-0.2, 0) is 4.74 Å². The molecule has 1 N–H and O–H groups in total. The first-order valence-electron chi connectivity index (χ1n) is 12.1. The topological polar surface area (TPSA) is 61.9 Å². The number of fused-ring (bicyclic) bond motifs is 2. The average molecular weight is 448 g/mol. The molecule has 3 heterocycles. The summed E-state index contributed by atoms with van der Waals surface area (Å²) in [4.78, 5) is 30.0. The van der Waals surface area contributed by atoms with Gasteiger partial charge in [0.15, 0.2) is 0 Å². The maximum absolute atomic E-state index is 13.6. The summed E-state index contributed by atoms with van der Waals surface area (Å²) in [6, 6.07) is 16.8. The van der Waals surface area contributed by atoms with Crippen molar-refractivity contribution in [2.24, 2.45) is 0 Å². The normalized spacial score (nSPS) is 25.3. The molecule has 33 heavy (non-hydrogen) atoms. The second-order valence-corrected chi connectivity index (χ2v) is 9.71. The summed E-state index contributed by atoms with van der Waals surface area (Å²) in [6.45, 7) is 6.62. The number of ether oxygens (including phenoxy) is 1. The molecule has 2 aromatic rings. The number of aryl methyl sites for hydroxylation is 2. The lowest BCUT2D eigenvalue weighted by Gasteiger charge is -2.43. The Morgan fingerprint density at radius 3 is 2.39 bits per heavy atom. The molecule has 3 saturated heterocycles. The van der Waals surface area contributed by atoms with Gasteiger partial charge in [0.2, 0.25) is 0 Å². The fourth-order valence-electron chi connectivity index (χ4n) is 6.33.